The van der Waals surface area contributed by atoms with Crippen molar-refractivity contribution < 1.29 is 9.90 Å². The predicted molar refractivity (Wildman–Crippen MR) is 94.1 cm³/mol. The second kappa shape index (κ2) is 16.0. The van der Waals surface area contributed by atoms with E-state index in [9.17, 15) is 4.79 Å². The highest BCUT2D eigenvalue weighted by Gasteiger charge is 1.96. The molecule has 0 atom stereocenters. The topological polar surface area (TPSA) is 63.3 Å². The number of aliphatic carboxylic acids is 1. The van der Waals surface area contributed by atoms with E-state index in [2.05, 4.69) is 6.92 Å². The first-order valence-electron chi connectivity index (χ1n) is 8.66. The minimum atomic E-state index is -0.742. The molecule has 0 aliphatic rings. The van der Waals surface area contributed by atoms with Gasteiger partial charge in [-0.25, -0.2) is 0 Å². The van der Waals surface area contributed by atoms with Crippen LogP contribution in [-0.4, -0.2) is 17.6 Å². The molecule has 0 saturated heterocycles. The number of unbranched alkanes of at least 4 members (excludes halogenated alkanes) is 7. The van der Waals surface area contributed by atoms with Crippen molar-refractivity contribution in [2.45, 2.75) is 71.1 Å². The summed E-state index contributed by atoms with van der Waals surface area (Å²) in [5, 5.41) is 8.37. The third-order valence-electron chi connectivity index (χ3n) is 3.53. The van der Waals surface area contributed by atoms with E-state index in [4.69, 9.17) is 10.8 Å². The molecule has 0 unspecified atom stereocenters. The van der Waals surface area contributed by atoms with Crippen molar-refractivity contribution in [1.82, 2.24) is 0 Å². The summed E-state index contributed by atoms with van der Waals surface area (Å²) in [6.45, 7) is 3.13. The first kappa shape index (κ1) is 20.6. The smallest absolute Gasteiger partial charge is 0.303 e. The van der Waals surface area contributed by atoms with Crippen LogP contribution in [0.2, 0.25) is 0 Å². The first-order valence-corrected chi connectivity index (χ1v) is 8.66. The van der Waals surface area contributed by atoms with Gasteiger partial charge in [-0.2, -0.15) is 0 Å². The maximum atomic E-state index is 10.2. The summed E-state index contributed by atoms with van der Waals surface area (Å²) in [7, 11) is 0. The molecule has 0 spiro atoms. The number of hydrogen-bond donors (Lipinski definition) is 2. The largest absolute Gasteiger partial charge is 0.481 e. The van der Waals surface area contributed by atoms with E-state index >= 15 is 0 Å². The molecule has 0 aliphatic carbocycles. The highest BCUT2D eigenvalue weighted by atomic mass is 16.4. The molecule has 0 radical (unpaired) electrons. The molecule has 0 aromatic heterocycles. The summed E-state index contributed by atoms with van der Waals surface area (Å²) >= 11 is 0. The molecule has 126 valence electrons. The van der Waals surface area contributed by atoms with Crippen molar-refractivity contribution in [3.05, 3.63) is 35.9 Å². The third kappa shape index (κ3) is 15.0. The van der Waals surface area contributed by atoms with Crippen molar-refractivity contribution in [2.75, 3.05) is 6.54 Å². The summed E-state index contributed by atoms with van der Waals surface area (Å²) in [6, 6.07) is 9.62. The van der Waals surface area contributed by atoms with Gasteiger partial charge in [-0.05, 0) is 24.9 Å². The molecule has 0 amide bonds. The average molecular weight is 307 g/mol. The Bertz CT molecular complexity index is 344. The predicted octanol–water partition coefficient (Wildman–Crippen LogP) is 4.79. The Morgan fingerprint density at radius 2 is 1.50 bits per heavy atom. The molecule has 0 fully saturated rings. The molecule has 3 heteroatoms. The Morgan fingerprint density at radius 1 is 0.955 bits per heavy atom. The third-order valence-corrected chi connectivity index (χ3v) is 3.53. The molecule has 3 N–H and O–H groups in total. The molecule has 0 heterocycles. The summed E-state index contributed by atoms with van der Waals surface area (Å²) < 4.78 is 0. The van der Waals surface area contributed by atoms with Crippen LogP contribution in [0, 0.1) is 0 Å². The van der Waals surface area contributed by atoms with Crippen LogP contribution in [0.1, 0.15) is 70.3 Å². The van der Waals surface area contributed by atoms with Crippen molar-refractivity contribution in [3.63, 3.8) is 0 Å². The summed E-state index contributed by atoms with van der Waals surface area (Å²) in [5.74, 6) is -0.742. The van der Waals surface area contributed by atoms with Crippen LogP contribution in [0.25, 0.3) is 0 Å². The van der Waals surface area contributed by atoms with Gasteiger partial charge in [0.25, 0.3) is 0 Å². The van der Waals surface area contributed by atoms with Gasteiger partial charge >= 0.3 is 5.97 Å². The maximum absolute atomic E-state index is 10.2. The average Bonchev–Trinajstić information content (AvgIpc) is 2.54. The molecule has 1 rings (SSSR count). The number of carbonyl (C=O) groups is 1. The van der Waals surface area contributed by atoms with Gasteiger partial charge in [-0.3, -0.25) is 4.79 Å². The molecule has 1 aromatic carbocycles. The number of benzene rings is 1. The minimum absolute atomic E-state index is 0.212. The zero-order valence-electron chi connectivity index (χ0n) is 14.1. The second-order valence-corrected chi connectivity index (χ2v) is 5.64. The number of carboxylic acids is 1. The Morgan fingerprint density at radius 3 is 2.00 bits per heavy atom. The number of aryl methyl sites for hydroxylation is 1. The van der Waals surface area contributed by atoms with Gasteiger partial charge in [0, 0.05) is 6.42 Å². The molecule has 22 heavy (non-hydrogen) atoms. The van der Waals surface area contributed by atoms with E-state index in [-0.39, 0.29) is 6.42 Å². The molecule has 0 aliphatic heterocycles. The van der Waals surface area contributed by atoms with Crippen LogP contribution >= 0.6 is 0 Å². The van der Waals surface area contributed by atoms with Gasteiger partial charge in [0.1, 0.15) is 0 Å². The molecular formula is C19H33NO2. The standard InChI is InChI=1S/C10H23N.C9H10O2/c1-2-3-4-5-6-7-8-9-10-11;10-9(11)7-6-8-4-2-1-3-5-8/h2-11H2,1H3;1-5H,6-7H2,(H,10,11). The van der Waals surface area contributed by atoms with Gasteiger partial charge in [-0.15, -0.1) is 0 Å². The van der Waals surface area contributed by atoms with E-state index in [1.807, 2.05) is 30.3 Å². The summed E-state index contributed by atoms with van der Waals surface area (Å²) in [4.78, 5) is 10.2. The molecular weight excluding hydrogens is 274 g/mol. The van der Waals surface area contributed by atoms with Crippen LogP contribution < -0.4 is 5.73 Å². The lowest BCUT2D eigenvalue weighted by Crippen LogP contribution is -1.97. The highest BCUT2D eigenvalue weighted by Crippen LogP contribution is 2.07. The molecule has 3 nitrogen and oxygen atoms in total. The number of carboxylic acid groups (broad SMARTS) is 1. The normalized spacial score (nSPS) is 9.91. The van der Waals surface area contributed by atoms with Crippen LogP contribution in [0.5, 0.6) is 0 Å². The summed E-state index contributed by atoms with van der Waals surface area (Å²) in [6.07, 6.45) is 11.8. The second-order valence-electron chi connectivity index (χ2n) is 5.64. The fraction of sp³-hybridized carbons (Fsp3) is 0.632. The Kier molecular flexibility index (Phi) is 15.0. The van der Waals surface area contributed by atoms with Crippen molar-refractivity contribution in [2.24, 2.45) is 5.73 Å². The Balaban J connectivity index is 0.000000401. The van der Waals surface area contributed by atoms with E-state index in [1.165, 1.54) is 51.4 Å². The lowest BCUT2D eigenvalue weighted by Gasteiger charge is -1.99. The van der Waals surface area contributed by atoms with Crippen LogP contribution in [0.15, 0.2) is 30.3 Å². The van der Waals surface area contributed by atoms with Crippen LogP contribution in [0.3, 0.4) is 0 Å². The fourth-order valence-corrected chi connectivity index (χ4v) is 2.17. The monoisotopic (exact) mass is 307 g/mol. The zero-order chi connectivity index (χ0) is 16.5. The zero-order valence-corrected chi connectivity index (χ0v) is 14.1. The Labute approximate surface area is 135 Å². The van der Waals surface area contributed by atoms with Gasteiger partial charge < -0.3 is 10.8 Å². The van der Waals surface area contributed by atoms with Gasteiger partial charge in [-0.1, -0.05) is 82.2 Å². The molecule has 0 saturated carbocycles. The maximum Gasteiger partial charge on any atom is 0.303 e. The molecule has 1 aromatic rings. The van der Waals surface area contributed by atoms with Crippen LogP contribution in [0.4, 0.5) is 0 Å². The van der Waals surface area contributed by atoms with E-state index in [0.717, 1.165) is 12.1 Å². The van der Waals surface area contributed by atoms with Gasteiger partial charge in [0.2, 0.25) is 0 Å². The Hall–Kier alpha value is -1.35. The van der Waals surface area contributed by atoms with Gasteiger partial charge in [0.05, 0.1) is 0 Å². The van der Waals surface area contributed by atoms with Crippen molar-refractivity contribution in [3.8, 4) is 0 Å². The number of nitrogens with two attached hydrogens (primary N) is 1. The quantitative estimate of drug-likeness (QED) is 0.578. The van der Waals surface area contributed by atoms with Crippen LogP contribution in [-0.2, 0) is 11.2 Å². The minimum Gasteiger partial charge on any atom is -0.481 e. The highest BCUT2D eigenvalue weighted by molar-refractivity contribution is 5.67. The van der Waals surface area contributed by atoms with Gasteiger partial charge in [0.15, 0.2) is 0 Å². The molecule has 0 bridgehead atoms. The fourth-order valence-electron chi connectivity index (χ4n) is 2.17. The lowest BCUT2D eigenvalue weighted by atomic mass is 10.1. The van der Waals surface area contributed by atoms with E-state index in [1.54, 1.807) is 0 Å². The SMILES string of the molecule is CCCCCCCCCCN.O=C(O)CCc1ccccc1. The number of rotatable bonds is 11. The van der Waals surface area contributed by atoms with Crippen molar-refractivity contribution >= 4 is 5.97 Å². The summed E-state index contributed by atoms with van der Waals surface area (Å²) in [5.41, 5.74) is 6.47. The first-order chi connectivity index (χ1) is 10.7. The van der Waals surface area contributed by atoms with E-state index < -0.39 is 5.97 Å². The number of hydrogen-bond acceptors (Lipinski definition) is 2. The lowest BCUT2D eigenvalue weighted by molar-refractivity contribution is -0.136. The van der Waals surface area contributed by atoms with Crippen molar-refractivity contribution in [1.29, 1.82) is 0 Å². The van der Waals surface area contributed by atoms with E-state index in [0.29, 0.717) is 6.42 Å².